The maximum absolute atomic E-state index is 12.0. The average Bonchev–Trinajstić information content (AvgIpc) is 2.82. The van der Waals surface area contributed by atoms with Gasteiger partial charge in [-0.05, 0) is 41.6 Å². The number of carbonyl (C=O) groups excluding carboxylic acids is 1. The molecule has 1 saturated heterocycles. The quantitative estimate of drug-likeness (QED) is 0.811. The van der Waals surface area contributed by atoms with Gasteiger partial charge in [0.1, 0.15) is 0 Å². The summed E-state index contributed by atoms with van der Waals surface area (Å²) in [6, 6.07) is 17.3. The van der Waals surface area contributed by atoms with Gasteiger partial charge in [0, 0.05) is 4.47 Å². The van der Waals surface area contributed by atoms with Gasteiger partial charge < -0.3 is 5.32 Å². The van der Waals surface area contributed by atoms with Crippen molar-refractivity contribution in [1.29, 1.82) is 0 Å². The SMILES string of the molecule is O=C1NC(=Nc2ccccc2)S/C1=C/c1ccccc1Br. The number of nitrogens with one attached hydrogen (secondary N) is 1. The summed E-state index contributed by atoms with van der Waals surface area (Å²) in [6.07, 6.45) is 1.86. The van der Waals surface area contributed by atoms with E-state index < -0.39 is 0 Å². The number of aliphatic imine (C=N–C) groups is 1. The van der Waals surface area contributed by atoms with Gasteiger partial charge in [0.15, 0.2) is 5.17 Å². The largest absolute Gasteiger partial charge is 0.300 e. The molecule has 104 valence electrons. The highest BCUT2D eigenvalue weighted by Crippen LogP contribution is 2.29. The highest BCUT2D eigenvalue weighted by molar-refractivity contribution is 9.10. The average molecular weight is 359 g/mol. The third-order valence-electron chi connectivity index (χ3n) is 2.83. The highest BCUT2D eigenvalue weighted by atomic mass is 79.9. The van der Waals surface area contributed by atoms with Crippen molar-refractivity contribution < 1.29 is 4.79 Å². The smallest absolute Gasteiger partial charge is 0.264 e. The van der Waals surface area contributed by atoms with E-state index in [1.165, 1.54) is 11.8 Å². The van der Waals surface area contributed by atoms with E-state index in [1.54, 1.807) is 0 Å². The van der Waals surface area contributed by atoms with Crippen molar-refractivity contribution in [1.82, 2.24) is 5.32 Å². The lowest BCUT2D eigenvalue weighted by Gasteiger charge is -1.97. The van der Waals surface area contributed by atoms with Crippen molar-refractivity contribution in [2.75, 3.05) is 0 Å². The van der Waals surface area contributed by atoms with E-state index in [1.807, 2.05) is 60.7 Å². The van der Waals surface area contributed by atoms with Crippen LogP contribution in [-0.2, 0) is 4.79 Å². The Kier molecular flexibility index (Phi) is 4.22. The van der Waals surface area contributed by atoms with Gasteiger partial charge in [-0.25, -0.2) is 4.99 Å². The van der Waals surface area contributed by atoms with Gasteiger partial charge in [0.25, 0.3) is 5.91 Å². The molecule has 3 nitrogen and oxygen atoms in total. The lowest BCUT2D eigenvalue weighted by molar-refractivity contribution is -0.115. The maximum Gasteiger partial charge on any atom is 0.264 e. The summed E-state index contributed by atoms with van der Waals surface area (Å²) in [6.45, 7) is 0. The Morgan fingerprint density at radius 3 is 2.52 bits per heavy atom. The van der Waals surface area contributed by atoms with Crippen LogP contribution in [-0.4, -0.2) is 11.1 Å². The summed E-state index contributed by atoms with van der Waals surface area (Å²) >= 11 is 4.82. The van der Waals surface area contributed by atoms with Crippen LogP contribution < -0.4 is 5.32 Å². The number of hydrogen-bond donors (Lipinski definition) is 1. The molecule has 2 aromatic carbocycles. The molecule has 0 saturated carbocycles. The zero-order valence-corrected chi connectivity index (χ0v) is 13.3. The van der Waals surface area contributed by atoms with Gasteiger partial charge in [-0.3, -0.25) is 4.79 Å². The number of amidine groups is 1. The van der Waals surface area contributed by atoms with Gasteiger partial charge in [-0.2, -0.15) is 0 Å². The third kappa shape index (κ3) is 3.43. The molecule has 5 heteroatoms. The molecule has 0 atom stereocenters. The highest BCUT2D eigenvalue weighted by Gasteiger charge is 2.23. The molecule has 0 radical (unpaired) electrons. The zero-order valence-electron chi connectivity index (χ0n) is 10.9. The minimum atomic E-state index is -0.120. The van der Waals surface area contributed by atoms with E-state index in [4.69, 9.17) is 0 Å². The summed E-state index contributed by atoms with van der Waals surface area (Å²) in [5.41, 5.74) is 1.79. The predicted molar refractivity (Wildman–Crippen MR) is 91.4 cm³/mol. The first-order chi connectivity index (χ1) is 10.2. The molecule has 2 aromatic rings. The van der Waals surface area contributed by atoms with Crippen LogP contribution in [0.1, 0.15) is 5.56 Å². The van der Waals surface area contributed by atoms with Crippen LogP contribution in [0.5, 0.6) is 0 Å². The van der Waals surface area contributed by atoms with Gasteiger partial charge in [-0.1, -0.05) is 52.3 Å². The molecular formula is C16H11BrN2OS. The molecule has 3 rings (SSSR count). The summed E-state index contributed by atoms with van der Waals surface area (Å²) < 4.78 is 0.958. The molecule has 1 fully saturated rings. The number of carbonyl (C=O) groups is 1. The number of halogens is 1. The van der Waals surface area contributed by atoms with Gasteiger partial charge in [0.2, 0.25) is 0 Å². The molecule has 1 N–H and O–H groups in total. The normalized spacial score (nSPS) is 18.2. The van der Waals surface area contributed by atoms with Crippen molar-refractivity contribution in [3.05, 3.63) is 69.5 Å². The monoisotopic (exact) mass is 358 g/mol. The predicted octanol–water partition coefficient (Wildman–Crippen LogP) is 4.34. The zero-order chi connectivity index (χ0) is 14.7. The lowest BCUT2D eigenvalue weighted by atomic mass is 10.2. The summed E-state index contributed by atoms with van der Waals surface area (Å²) in [4.78, 5) is 17.0. The Hall–Kier alpha value is -1.85. The van der Waals surface area contributed by atoms with Crippen molar-refractivity contribution in [3.63, 3.8) is 0 Å². The second kappa shape index (κ2) is 6.28. The topological polar surface area (TPSA) is 41.5 Å². The second-order valence-electron chi connectivity index (χ2n) is 4.34. The first-order valence-corrected chi connectivity index (χ1v) is 7.92. The van der Waals surface area contributed by atoms with E-state index in [2.05, 4.69) is 26.2 Å². The Bertz CT molecular complexity index is 741. The van der Waals surface area contributed by atoms with Crippen molar-refractivity contribution in [2.45, 2.75) is 0 Å². The number of thioether (sulfide) groups is 1. The number of nitrogens with zero attached hydrogens (tertiary/aromatic N) is 1. The molecule has 1 aliphatic heterocycles. The van der Waals surface area contributed by atoms with Gasteiger partial charge >= 0.3 is 0 Å². The second-order valence-corrected chi connectivity index (χ2v) is 6.22. The number of hydrogen-bond acceptors (Lipinski definition) is 3. The summed E-state index contributed by atoms with van der Waals surface area (Å²) in [7, 11) is 0. The molecule has 1 heterocycles. The van der Waals surface area contributed by atoms with Crippen LogP contribution in [0.2, 0.25) is 0 Å². The fourth-order valence-electron chi connectivity index (χ4n) is 1.83. The fraction of sp³-hybridized carbons (Fsp3) is 0. The number of amides is 1. The molecular weight excluding hydrogens is 348 g/mol. The molecule has 0 aromatic heterocycles. The summed E-state index contributed by atoms with van der Waals surface area (Å²) in [5, 5.41) is 3.38. The Labute approximate surface area is 135 Å². The molecule has 21 heavy (non-hydrogen) atoms. The molecule has 0 bridgehead atoms. The van der Waals surface area contributed by atoms with E-state index in [0.717, 1.165) is 15.7 Å². The Morgan fingerprint density at radius 2 is 1.76 bits per heavy atom. The minimum absolute atomic E-state index is 0.120. The van der Waals surface area contributed by atoms with Crippen LogP contribution in [0.15, 0.2) is 69.0 Å². The minimum Gasteiger partial charge on any atom is -0.300 e. The number of para-hydroxylation sites is 1. The van der Waals surface area contributed by atoms with Crippen molar-refractivity contribution in [2.24, 2.45) is 4.99 Å². The fourth-order valence-corrected chi connectivity index (χ4v) is 3.07. The van der Waals surface area contributed by atoms with Crippen LogP contribution in [0, 0.1) is 0 Å². The Balaban J connectivity index is 1.86. The first kappa shape index (κ1) is 14.1. The van der Waals surface area contributed by atoms with Crippen LogP contribution in [0.3, 0.4) is 0 Å². The van der Waals surface area contributed by atoms with Crippen LogP contribution in [0.4, 0.5) is 5.69 Å². The molecule has 1 aliphatic rings. The summed E-state index contributed by atoms with van der Waals surface area (Å²) in [5.74, 6) is -0.120. The Morgan fingerprint density at radius 1 is 1.05 bits per heavy atom. The van der Waals surface area contributed by atoms with E-state index >= 15 is 0 Å². The van der Waals surface area contributed by atoms with Crippen molar-refractivity contribution in [3.8, 4) is 0 Å². The van der Waals surface area contributed by atoms with E-state index in [0.29, 0.717) is 10.1 Å². The number of rotatable bonds is 2. The van der Waals surface area contributed by atoms with Crippen LogP contribution in [0.25, 0.3) is 6.08 Å². The third-order valence-corrected chi connectivity index (χ3v) is 4.46. The van der Waals surface area contributed by atoms with E-state index in [9.17, 15) is 4.79 Å². The van der Waals surface area contributed by atoms with Gasteiger partial charge in [0.05, 0.1) is 10.6 Å². The van der Waals surface area contributed by atoms with Crippen molar-refractivity contribution >= 4 is 50.5 Å². The molecule has 0 unspecified atom stereocenters. The number of benzene rings is 2. The molecule has 1 amide bonds. The lowest BCUT2D eigenvalue weighted by Crippen LogP contribution is -2.19. The maximum atomic E-state index is 12.0. The molecule has 0 aliphatic carbocycles. The first-order valence-electron chi connectivity index (χ1n) is 6.31. The van der Waals surface area contributed by atoms with Crippen LogP contribution >= 0.6 is 27.7 Å². The standard InChI is InChI=1S/C16H11BrN2OS/c17-13-9-5-4-6-11(13)10-14-15(20)19-16(21-14)18-12-7-2-1-3-8-12/h1-10H,(H,18,19,20)/b14-10+. The van der Waals surface area contributed by atoms with Gasteiger partial charge in [-0.15, -0.1) is 0 Å². The molecule has 0 spiro atoms. The van der Waals surface area contributed by atoms with E-state index in [-0.39, 0.29) is 5.91 Å².